The van der Waals surface area contributed by atoms with Crippen molar-refractivity contribution in [3.05, 3.63) is 58.4 Å². The summed E-state index contributed by atoms with van der Waals surface area (Å²) in [6.07, 6.45) is 0.0131. The molecule has 9 nitrogen and oxygen atoms in total. The molecule has 1 aliphatic heterocycles. The number of carbonyl (C=O) groups excluding carboxylic acids is 2. The number of aromatic nitrogens is 2. The van der Waals surface area contributed by atoms with Crippen molar-refractivity contribution in [1.29, 1.82) is 0 Å². The predicted octanol–water partition coefficient (Wildman–Crippen LogP) is 1.24. The molecular formula is C19H21N3O6. The van der Waals surface area contributed by atoms with Crippen LogP contribution in [0, 0.1) is 6.92 Å². The number of carbonyl (C=O) groups is 2. The van der Waals surface area contributed by atoms with Gasteiger partial charge in [-0.25, -0.2) is 9.48 Å². The van der Waals surface area contributed by atoms with Crippen molar-refractivity contribution in [1.82, 2.24) is 9.36 Å². The molecule has 28 heavy (non-hydrogen) atoms. The van der Waals surface area contributed by atoms with E-state index < -0.39 is 18.0 Å². The highest BCUT2D eigenvalue weighted by Gasteiger charge is 2.25. The predicted molar refractivity (Wildman–Crippen MR) is 99.9 cm³/mol. The van der Waals surface area contributed by atoms with Gasteiger partial charge < -0.3 is 19.5 Å². The molecule has 0 fully saturated rings. The zero-order valence-corrected chi connectivity index (χ0v) is 15.8. The Balaban J connectivity index is 1.76. The molecule has 0 unspecified atom stereocenters. The van der Waals surface area contributed by atoms with Gasteiger partial charge in [0.2, 0.25) is 5.76 Å². The Labute approximate surface area is 161 Å². The van der Waals surface area contributed by atoms with Crippen LogP contribution in [0.4, 0.5) is 5.69 Å². The standard InChI is InChI=1S/C19H21N3O6/c1-12-16(18(24)22(21(12)3)14-7-5-4-6-8-14)20-17(23)13(2)28-19(25)15-11-26-9-10-27-15/h4-8,11,13H,9-10H2,1-3H3,(H,20,23)/t13-/m0/s1. The van der Waals surface area contributed by atoms with E-state index >= 15 is 0 Å². The van der Waals surface area contributed by atoms with Crippen molar-refractivity contribution >= 4 is 17.6 Å². The number of esters is 1. The minimum atomic E-state index is -1.14. The van der Waals surface area contributed by atoms with Crippen LogP contribution in [0.2, 0.25) is 0 Å². The van der Waals surface area contributed by atoms with E-state index in [0.717, 1.165) is 6.26 Å². The van der Waals surface area contributed by atoms with E-state index in [1.807, 2.05) is 18.2 Å². The van der Waals surface area contributed by atoms with E-state index in [4.69, 9.17) is 14.2 Å². The lowest BCUT2D eigenvalue weighted by molar-refractivity contribution is -0.153. The zero-order valence-electron chi connectivity index (χ0n) is 15.8. The summed E-state index contributed by atoms with van der Waals surface area (Å²) in [5, 5.41) is 2.56. The molecule has 1 aliphatic rings. The van der Waals surface area contributed by atoms with Gasteiger partial charge in [-0.3, -0.25) is 14.3 Å². The van der Waals surface area contributed by atoms with Gasteiger partial charge in [-0.05, 0) is 26.0 Å². The fourth-order valence-corrected chi connectivity index (χ4v) is 2.68. The monoisotopic (exact) mass is 387 g/mol. The van der Waals surface area contributed by atoms with Gasteiger partial charge in [-0.2, -0.15) is 0 Å². The van der Waals surface area contributed by atoms with Crippen molar-refractivity contribution in [3.8, 4) is 5.69 Å². The molecule has 0 bridgehead atoms. The highest BCUT2D eigenvalue weighted by Crippen LogP contribution is 2.15. The molecule has 2 heterocycles. The topological polar surface area (TPSA) is 101 Å². The number of benzene rings is 1. The molecule has 1 N–H and O–H groups in total. The molecule has 148 valence electrons. The maximum absolute atomic E-state index is 12.8. The highest BCUT2D eigenvalue weighted by atomic mass is 16.6. The first kappa shape index (κ1) is 19.3. The molecule has 0 radical (unpaired) electrons. The van der Waals surface area contributed by atoms with Crippen LogP contribution in [-0.4, -0.2) is 40.6 Å². The molecule has 0 saturated carbocycles. The fraction of sp³-hybridized carbons (Fsp3) is 0.316. The second-order valence-electron chi connectivity index (χ2n) is 6.17. The SMILES string of the molecule is Cc1c(NC(=O)[C@H](C)OC(=O)C2=COCCO2)c(=O)n(-c2ccccc2)n1C. The summed E-state index contributed by atoms with van der Waals surface area (Å²) < 4.78 is 18.3. The number of hydrogen-bond acceptors (Lipinski definition) is 6. The fourth-order valence-electron chi connectivity index (χ4n) is 2.68. The van der Waals surface area contributed by atoms with Gasteiger partial charge >= 0.3 is 5.97 Å². The minimum Gasteiger partial charge on any atom is -0.493 e. The molecule has 2 aromatic rings. The number of ether oxygens (including phenoxy) is 3. The third kappa shape index (κ3) is 3.78. The summed E-state index contributed by atoms with van der Waals surface area (Å²) >= 11 is 0. The Morgan fingerprint density at radius 1 is 1.21 bits per heavy atom. The maximum Gasteiger partial charge on any atom is 0.377 e. The molecule has 0 saturated heterocycles. The lowest BCUT2D eigenvalue weighted by atomic mass is 10.3. The van der Waals surface area contributed by atoms with E-state index in [2.05, 4.69) is 5.32 Å². The molecule has 1 atom stereocenters. The molecule has 0 aliphatic carbocycles. The molecule has 3 rings (SSSR count). The molecule has 1 amide bonds. The van der Waals surface area contributed by atoms with E-state index in [9.17, 15) is 14.4 Å². The van der Waals surface area contributed by atoms with E-state index in [0.29, 0.717) is 18.0 Å². The summed E-state index contributed by atoms with van der Waals surface area (Å²) in [5.41, 5.74) is 0.965. The lowest BCUT2D eigenvalue weighted by Crippen LogP contribution is -2.33. The van der Waals surface area contributed by atoms with E-state index in [1.54, 1.807) is 30.8 Å². The third-order valence-corrected chi connectivity index (χ3v) is 4.31. The van der Waals surface area contributed by atoms with Gasteiger partial charge in [0, 0.05) is 7.05 Å². The number of rotatable bonds is 5. The smallest absolute Gasteiger partial charge is 0.377 e. The summed E-state index contributed by atoms with van der Waals surface area (Å²) in [6.45, 7) is 3.69. The van der Waals surface area contributed by atoms with Crippen molar-refractivity contribution < 1.29 is 23.8 Å². The van der Waals surface area contributed by atoms with Gasteiger partial charge in [0.05, 0.1) is 11.4 Å². The second kappa shape index (κ2) is 8.03. The van der Waals surface area contributed by atoms with Gasteiger partial charge in [0.25, 0.3) is 11.5 Å². The normalized spacial score (nSPS) is 14.3. The molecule has 1 aromatic heterocycles. The average Bonchev–Trinajstić information content (AvgIpc) is 2.92. The summed E-state index contributed by atoms with van der Waals surface area (Å²) in [6, 6.07) is 9.05. The van der Waals surface area contributed by atoms with Crippen molar-refractivity contribution in [2.75, 3.05) is 18.5 Å². The minimum absolute atomic E-state index is 0.103. The first-order chi connectivity index (χ1) is 13.4. The number of amides is 1. The molecular weight excluding hydrogens is 366 g/mol. The Hall–Kier alpha value is -3.49. The number of anilines is 1. The first-order valence-corrected chi connectivity index (χ1v) is 8.70. The number of nitrogens with one attached hydrogen (secondary N) is 1. The average molecular weight is 387 g/mol. The highest BCUT2D eigenvalue weighted by molar-refractivity contribution is 5.96. The van der Waals surface area contributed by atoms with Gasteiger partial charge in [0.1, 0.15) is 25.2 Å². The quantitative estimate of drug-likeness (QED) is 0.775. The van der Waals surface area contributed by atoms with Crippen LogP contribution >= 0.6 is 0 Å². The van der Waals surface area contributed by atoms with E-state index in [-0.39, 0.29) is 23.6 Å². The Kier molecular flexibility index (Phi) is 5.53. The largest absolute Gasteiger partial charge is 0.493 e. The van der Waals surface area contributed by atoms with Crippen molar-refractivity contribution in [2.24, 2.45) is 7.05 Å². The first-order valence-electron chi connectivity index (χ1n) is 8.70. The molecule has 1 aromatic carbocycles. The summed E-state index contributed by atoms with van der Waals surface area (Å²) in [7, 11) is 1.72. The lowest BCUT2D eigenvalue weighted by Gasteiger charge is -2.17. The third-order valence-electron chi connectivity index (χ3n) is 4.31. The van der Waals surface area contributed by atoms with Crippen LogP contribution in [0.5, 0.6) is 0 Å². The van der Waals surface area contributed by atoms with Crippen LogP contribution in [-0.2, 0) is 30.8 Å². The number of hydrogen-bond donors (Lipinski definition) is 1. The summed E-state index contributed by atoms with van der Waals surface area (Å²) in [4.78, 5) is 37.3. The maximum atomic E-state index is 12.8. The number of para-hydroxylation sites is 1. The summed E-state index contributed by atoms with van der Waals surface area (Å²) in [5.74, 6) is -1.54. The van der Waals surface area contributed by atoms with Crippen LogP contribution in [0.25, 0.3) is 5.69 Å². The number of nitrogens with zero attached hydrogens (tertiary/aromatic N) is 2. The van der Waals surface area contributed by atoms with Crippen LogP contribution in [0.1, 0.15) is 12.6 Å². The van der Waals surface area contributed by atoms with Crippen molar-refractivity contribution in [2.45, 2.75) is 20.0 Å². The van der Waals surface area contributed by atoms with E-state index in [1.165, 1.54) is 11.6 Å². The zero-order chi connectivity index (χ0) is 20.3. The van der Waals surface area contributed by atoms with Gasteiger partial charge in [0.15, 0.2) is 6.10 Å². The second-order valence-corrected chi connectivity index (χ2v) is 6.17. The Bertz CT molecular complexity index is 974. The molecule has 9 heteroatoms. The van der Waals surface area contributed by atoms with Crippen molar-refractivity contribution in [3.63, 3.8) is 0 Å². The Morgan fingerprint density at radius 3 is 2.57 bits per heavy atom. The van der Waals surface area contributed by atoms with Gasteiger partial charge in [-0.15, -0.1) is 0 Å². The van der Waals surface area contributed by atoms with Gasteiger partial charge in [-0.1, -0.05) is 18.2 Å². The molecule has 0 spiro atoms. The van der Waals surface area contributed by atoms with Crippen LogP contribution < -0.4 is 10.9 Å². The van der Waals surface area contributed by atoms with Crippen LogP contribution in [0.15, 0.2) is 47.1 Å². The Morgan fingerprint density at radius 2 is 1.93 bits per heavy atom. The van der Waals surface area contributed by atoms with Crippen LogP contribution in [0.3, 0.4) is 0 Å².